The number of rotatable bonds is 5. The van der Waals surface area contributed by atoms with E-state index in [9.17, 15) is 4.79 Å². The van der Waals surface area contributed by atoms with Crippen molar-refractivity contribution in [3.63, 3.8) is 0 Å². The third-order valence-electron chi connectivity index (χ3n) is 2.95. The van der Waals surface area contributed by atoms with Gasteiger partial charge in [-0.1, -0.05) is 0 Å². The Bertz CT molecular complexity index is 465. The van der Waals surface area contributed by atoms with E-state index >= 15 is 0 Å². The summed E-state index contributed by atoms with van der Waals surface area (Å²) in [7, 11) is 3.51. The smallest absolute Gasteiger partial charge is 0.239 e. The highest BCUT2D eigenvalue weighted by Crippen LogP contribution is 2.17. The molecule has 0 aliphatic carbocycles. The zero-order valence-electron chi connectivity index (χ0n) is 13.4. The maximum atomic E-state index is 11.4. The van der Waals surface area contributed by atoms with Crippen LogP contribution in [0.3, 0.4) is 0 Å². The lowest BCUT2D eigenvalue weighted by molar-refractivity contribution is -0.119. The number of carbonyl (C=O) groups excluding carboxylic acids is 1. The van der Waals surface area contributed by atoms with Crippen LogP contribution in [0.25, 0.3) is 0 Å². The molecule has 1 aromatic heterocycles. The van der Waals surface area contributed by atoms with E-state index in [1.165, 1.54) is 0 Å². The largest absolute Gasteiger partial charge is 0.358 e. The molecule has 0 aromatic carbocycles. The number of hydrogen-bond donors (Lipinski definition) is 2. The van der Waals surface area contributed by atoms with Gasteiger partial charge in [-0.25, -0.2) is 4.98 Å². The highest BCUT2D eigenvalue weighted by Gasteiger charge is 2.12. The van der Waals surface area contributed by atoms with Gasteiger partial charge in [0.05, 0.1) is 6.54 Å². The summed E-state index contributed by atoms with van der Waals surface area (Å²) in [4.78, 5) is 17.7. The van der Waals surface area contributed by atoms with Crippen LogP contribution in [0.5, 0.6) is 0 Å². The molecule has 0 saturated carbocycles. The molecule has 1 aromatic rings. The number of aryl methyl sites for hydroxylation is 1. The van der Waals surface area contributed by atoms with Crippen molar-refractivity contribution in [3.05, 3.63) is 23.4 Å². The fourth-order valence-electron chi connectivity index (χ4n) is 1.86. The highest BCUT2D eigenvalue weighted by molar-refractivity contribution is 5.80. The summed E-state index contributed by atoms with van der Waals surface area (Å²) in [5.41, 5.74) is 2.31. The van der Waals surface area contributed by atoms with E-state index in [1.54, 1.807) is 7.05 Å². The van der Waals surface area contributed by atoms with Crippen LogP contribution in [0, 0.1) is 6.92 Å². The molecule has 1 rings (SSSR count). The monoisotopic (exact) mass is 278 g/mol. The Labute approximate surface area is 121 Å². The Morgan fingerprint density at radius 3 is 2.55 bits per heavy atom. The van der Waals surface area contributed by atoms with Crippen LogP contribution in [0.15, 0.2) is 12.3 Å². The summed E-state index contributed by atoms with van der Waals surface area (Å²) in [6, 6.07) is 2.11. The molecule has 5 heteroatoms. The minimum atomic E-state index is -0.0211. The zero-order valence-corrected chi connectivity index (χ0v) is 13.4. The second kappa shape index (κ2) is 6.70. The number of carbonyl (C=O) groups is 1. The maximum Gasteiger partial charge on any atom is 0.239 e. The van der Waals surface area contributed by atoms with Gasteiger partial charge in [-0.15, -0.1) is 0 Å². The first-order chi connectivity index (χ1) is 9.23. The standard InChI is InChI=1S/C15H26N4O/c1-11-7-12(9-18-15(2,3)4)8-17-14(11)19(6)10-13(20)16-5/h7-8,18H,9-10H2,1-6H3,(H,16,20). The van der Waals surface area contributed by atoms with Gasteiger partial charge in [-0.05, 0) is 44.9 Å². The van der Waals surface area contributed by atoms with Crippen molar-refractivity contribution in [2.75, 3.05) is 25.5 Å². The van der Waals surface area contributed by atoms with E-state index in [0.717, 1.165) is 23.5 Å². The molecule has 0 bridgehead atoms. The van der Waals surface area contributed by atoms with Crippen LogP contribution in [-0.4, -0.2) is 37.1 Å². The summed E-state index contributed by atoms with van der Waals surface area (Å²) < 4.78 is 0. The van der Waals surface area contributed by atoms with Gasteiger partial charge in [0.15, 0.2) is 0 Å². The maximum absolute atomic E-state index is 11.4. The molecular weight excluding hydrogens is 252 g/mol. The third kappa shape index (κ3) is 5.17. The first-order valence-corrected chi connectivity index (χ1v) is 6.85. The fraction of sp³-hybridized carbons (Fsp3) is 0.600. The summed E-state index contributed by atoms with van der Waals surface area (Å²) in [5, 5.41) is 6.05. The van der Waals surface area contributed by atoms with Crippen molar-refractivity contribution in [1.82, 2.24) is 15.6 Å². The Hall–Kier alpha value is -1.62. The molecule has 0 spiro atoms. The normalized spacial score (nSPS) is 11.3. The summed E-state index contributed by atoms with van der Waals surface area (Å²) in [6.07, 6.45) is 1.86. The molecule has 0 saturated heterocycles. The number of aromatic nitrogens is 1. The van der Waals surface area contributed by atoms with Gasteiger partial charge < -0.3 is 15.5 Å². The predicted octanol–water partition coefficient (Wildman–Crippen LogP) is 1.46. The van der Waals surface area contributed by atoms with E-state index in [0.29, 0.717) is 6.54 Å². The zero-order chi connectivity index (χ0) is 15.3. The lowest BCUT2D eigenvalue weighted by Gasteiger charge is -2.22. The van der Waals surface area contributed by atoms with Crippen LogP contribution in [-0.2, 0) is 11.3 Å². The van der Waals surface area contributed by atoms with Crippen molar-refractivity contribution in [2.45, 2.75) is 39.8 Å². The molecular formula is C15H26N4O. The van der Waals surface area contributed by atoms with Gasteiger partial charge in [0.2, 0.25) is 5.91 Å². The molecule has 112 valence electrons. The summed E-state index contributed by atoms with van der Waals surface area (Å²) in [5.74, 6) is 0.820. The number of amides is 1. The highest BCUT2D eigenvalue weighted by atomic mass is 16.1. The molecule has 0 aliphatic rings. The van der Waals surface area contributed by atoms with Crippen LogP contribution in [0.4, 0.5) is 5.82 Å². The van der Waals surface area contributed by atoms with Crippen LogP contribution < -0.4 is 15.5 Å². The van der Waals surface area contributed by atoms with Gasteiger partial charge in [0, 0.05) is 32.4 Å². The Kier molecular flexibility index (Phi) is 5.51. The van der Waals surface area contributed by atoms with E-state index in [1.807, 2.05) is 25.1 Å². The average molecular weight is 278 g/mol. The third-order valence-corrected chi connectivity index (χ3v) is 2.95. The van der Waals surface area contributed by atoms with Crippen LogP contribution in [0.2, 0.25) is 0 Å². The van der Waals surface area contributed by atoms with Crippen molar-refractivity contribution in [3.8, 4) is 0 Å². The lowest BCUT2D eigenvalue weighted by Crippen LogP contribution is -2.35. The van der Waals surface area contributed by atoms with E-state index in [2.05, 4.69) is 42.5 Å². The average Bonchev–Trinajstić information content (AvgIpc) is 2.35. The van der Waals surface area contributed by atoms with Crippen LogP contribution >= 0.6 is 0 Å². The minimum Gasteiger partial charge on any atom is -0.358 e. The molecule has 5 nitrogen and oxygen atoms in total. The first-order valence-electron chi connectivity index (χ1n) is 6.85. The lowest BCUT2D eigenvalue weighted by atomic mass is 10.1. The second-order valence-corrected chi connectivity index (χ2v) is 6.12. The first kappa shape index (κ1) is 16.4. The molecule has 0 atom stereocenters. The van der Waals surface area contributed by atoms with Gasteiger partial charge in [-0.3, -0.25) is 4.79 Å². The van der Waals surface area contributed by atoms with Crippen molar-refractivity contribution in [1.29, 1.82) is 0 Å². The molecule has 1 heterocycles. The van der Waals surface area contributed by atoms with E-state index < -0.39 is 0 Å². The molecule has 0 radical (unpaired) electrons. The molecule has 20 heavy (non-hydrogen) atoms. The second-order valence-electron chi connectivity index (χ2n) is 6.12. The fourth-order valence-corrected chi connectivity index (χ4v) is 1.86. The quantitative estimate of drug-likeness (QED) is 0.856. The van der Waals surface area contributed by atoms with Gasteiger partial charge in [-0.2, -0.15) is 0 Å². The topological polar surface area (TPSA) is 57.3 Å². The number of pyridine rings is 1. The Morgan fingerprint density at radius 1 is 1.40 bits per heavy atom. The summed E-state index contributed by atoms with van der Waals surface area (Å²) in [6.45, 7) is 9.53. The molecule has 1 amide bonds. The van der Waals surface area contributed by atoms with Crippen molar-refractivity contribution in [2.24, 2.45) is 0 Å². The van der Waals surface area contributed by atoms with Crippen molar-refractivity contribution >= 4 is 11.7 Å². The van der Waals surface area contributed by atoms with E-state index in [-0.39, 0.29) is 11.4 Å². The van der Waals surface area contributed by atoms with Gasteiger partial charge in [0.25, 0.3) is 0 Å². The molecule has 0 fully saturated rings. The molecule has 2 N–H and O–H groups in total. The predicted molar refractivity (Wildman–Crippen MR) is 82.9 cm³/mol. The minimum absolute atomic E-state index is 0.0211. The number of nitrogens with zero attached hydrogens (tertiary/aromatic N) is 2. The Balaban J connectivity index is 2.75. The Morgan fingerprint density at radius 2 is 2.05 bits per heavy atom. The van der Waals surface area contributed by atoms with Crippen molar-refractivity contribution < 1.29 is 4.79 Å². The SMILES string of the molecule is CNC(=O)CN(C)c1ncc(CNC(C)(C)C)cc1C. The van der Waals surface area contributed by atoms with Crippen LogP contribution in [0.1, 0.15) is 31.9 Å². The number of hydrogen-bond acceptors (Lipinski definition) is 4. The van der Waals surface area contributed by atoms with E-state index in [4.69, 9.17) is 0 Å². The molecule has 0 aliphatic heterocycles. The van der Waals surface area contributed by atoms with Gasteiger partial charge >= 0.3 is 0 Å². The number of anilines is 1. The summed E-state index contributed by atoms with van der Waals surface area (Å²) >= 11 is 0. The molecule has 0 unspecified atom stereocenters. The number of nitrogens with one attached hydrogen (secondary N) is 2. The number of likely N-dealkylation sites (N-methyl/N-ethyl adjacent to an activating group) is 2. The van der Waals surface area contributed by atoms with Gasteiger partial charge in [0.1, 0.15) is 5.82 Å².